The van der Waals surface area contributed by atoms with E-state index in [0.29, 0.717) is 70.8 Å². The molecule has 0 atom stereocenters. The molecule has 2 heterocycles. The summed E-state index contributed by atoms with van der Waals surface area (Å²) in [6.45, 7) is 2.84. The number of carboxylic acid groups (broad SMARTS) is 1. The molecule has 9 nitrogen and oxygen atoms in total. The number of rotatable bonds is 9. The van der Waals surface area contributed by atoms with Crippen LogP contribution in [-0.4, -0.2) is 42.8 Å². The van der Waals surface area contributed by atoms with E-state index in [0.717, 1.165) is 18.4 Å². The Morgan fingerprint density at radius 2 is 2.03 bits per heavy atom. The second kappa shape index (κ2) is 9.86. The Morgan fingerprint density at radius 1 is 1.23 bits per heavy atom. The SMILES string of the molecule is CC1(Oc2ncnc3c2nc(-c2ccc(OCC4CC(C(=O)O)C4)cc2Cl)n3Cc2ccccc2C#N)CC1. The molecular weight excluding hydrogens is 518 g/mol. The van der Waals surface area contributed by atoms with Crippen LogP contribution in [0.4, 0.5) is 0 Å². The first-order valence-corrected chi connectivity index (χ1v) is 13.2. The van der Waals surface area contributed by atoms with Crippen molar-refractivity contribution in [1.29, 1.82) is 5.26 Å². The number of imidazole rings is 1. The zero-order valence-electron chi connectivity index (χ0n) is 21.3. The highest BCUT2D eigenvalue weighted by Gasteiger charge is 2.41. The monoisotopic (exact) mass is 543 g/mol. The summed E-state index contributed by atoms with van der Waals surface area (Å²) in [6, 6.07) is 15.1. The van der Waals surface area contributed by atoms with Crippen LogP contribution in [-0.2, 0) is 11.3 Å². The van der Waals surface area contributed by atoms with Crippen molar-refractivity contribution >= 4 is 28.7 Å². The molecule has 0 saturated heterocycles. The number of benzene rings is 2. The van der Waals surface area contributed by atoms with Gasteiger partial charge in [0.25, 0.3) is 0 Å². The largest absolute Gasteiger partial charge is 0.493 e. The molecule has 2 aliphatic rings. The van der Waals surface area contributed by atoms with Gasteiger partial charge in [-0.1, -0.05) is 29.8 Å². The third kappa shape index (κ3) is 5.00. The highest BCUT2D eigenvalue weighted by atomic mass is 35.5. The van der Waals surface area contributed by atoms with Crippen LogP contribution < -0.4 is 9.47 Å². The summed E-state index contributed by atoms with van der Waals surface area (Å²) in [4.78, 5) is 24.9. The Labute approximate surface area is 230 Å². The minimum Gasteiger partial charge on any atom is -0.493 e. The van der Waals surface area contributed by atoms with Gasteiger partial charge in [0.05, 0.1) is 35.7 Å². The highest BCUT2D eigenvalue weighted by Crippen LogP contribution is 2.41. The smallest absolute Gasteiger partial charge is 0.306 e. The normalized spacial score (nSPS) is 19.2. The molecule has 2 saturated carbocycles. The third-order valence-electron chi connectivity index (χ3n) is 7.51. The molecule has 0 spiro atoms. The lowest BCUT2D eigenvalue weighted by molar-refractivity contribution is -0.146. The first-order chi connectivity index (χ1) is 18.8. The Bertz CT molecular complexity index is 1620. The van der Waals surface area contributed by atoms with Crippen LogP contribution in [0, 0.1) is 23.2 Å². The lowest BCUT2D eigenvalue weighted by Crippen LogP contribution is -2.33. The molecule has 10 heteroatoms. The fourth-order valence-electron chi connectivity index (χ4n) is 4.85. The number of hydrogen-bond donors (Lipinski definition) is 1. The Kier molecular flexibility index (Phi) is 6.35. The zero-order chi connectivity index (χ0) is 27.1. The molecule has 2 aromatic carbocycles. The van der Waals surface area contributed by atoms with Gasteiger partial charge in [-0.05, 0) is 68.4 Å². The van der Waals surface area contributed by atoms with Gasteiger partial charge in [-0.15, -0.1) is 0 Å². The molecule has 0 bridgehead atoms. The Hall–Kier alpha value is -4.16. The number of carbonyl (C=O) groups is 1. The van der Waals surface area contributed by atoms with Crippen LogP contribution in [0.1, 0.15) is 43.7 Å². The standard InChI is InChI=1S/C29H26ClN5O4/c1-29(8-9-29)39-27-24-26(32-16-33-27)35(14-19-5-3-2-4-18(19)13-31)25(34-24)22-7-6-21(12-23(22)30)38-15-17-10-20(11-17)28(36)37/h2-7,12,16-17,20H,8-11,14-15H2,1H3,(H,36,37). The fraction of sp³-hybridized carbons (Fsp3) is 0.345. The Morgan fingerprint density at radius 3 is 2.74 bits per heavy atom. The molecule has 0 aliphatic heterocycles. The Balaban J connectivity index is 1.35. The van der Waals surface area contributed by atoms with Gasteiger partial charge in [0.1, 0.15) is 23.5 Å². The fourth-order valence-corrected chi connectivity index (χ4v) is 5.10. The molecule has 198 valence electrons. The maximum atomic E-state index is 11.1. The van der Waals surface area contributed by atoms with E-state index in [1.807, 2.05) is 41.8 Å². The van der Waals surface area contributed by atoms with Gasteiger partial charge in [-0.3, -0.25) is 4.79 Å². The molecule has 0 amide bonds. The molecule has 1 N–H and O–H groups in total. The van der Waals surface area contributed by atoms with Crippen molar-refractivity contribution in [3.63, 3.8) is 0 Å². The predicted octanol–water partition coefficient (Wildman–Crippen LogP) is 5.49. The zero-order valence-corrected chi connectivity index (χ0v) is 22.1. The average Bonchev–Trinajstić information content (AvgIpc) is 3.51. The van der Waals surface area contributed by atoms with Crippen molar-refractivity contribution in [2.24, 2.45) is 11.8 Å². The molecule has 0 unspecified atom stereocenters. The number of fused-ring (bicyclic) bond motifs is 1. The lowest BCUT2D eigenvalue weighted by Gasteiger charge is -2.31. The van der Waals surface area contributed by atoms with E-state index >= 15 is 0 Å². The number of aliphatic carboxylic acids is 1. The minimum absolute atomic E-state index is 0.222. The van der Waals surface area contributed by atoms with Gasteiger partial charge in [0, 0.05) is 5.56 Å². The van der Waals surface area contributed by atoms with Crippen LogP contribution in [0.15, 0.2) is 48.8 Å². The van der Waals surface area contributed by atoms with Crippen LogP contribution in [0.25, 0.3) is 22.6 Å². The number of ether oxygens (including phenoxy) is 2. The summed E-state index contributed by atoms with van der Waals surface area (Å²) in [5.74, 6) is 0.796. The van der Waals surface area contributed by atoms with Crippen molar-refractivity contribution in [2.75, 3.05) is 6.61 Å². The van der Waals surface area contributed by atoms with E-state index < -0.39 is 5.97 Å². The summed E-state index contributed by atoms with van der Waals surface area (Å²) in [6.07, 6.45) is 4.62. The second-order valence-corrected chi connectivity index (χ2v) is 10.9. The highest BCUT2D eigenvalue weighted by molar-refractivity contribution is 6.33. The van der Waals surface area contributed by atoms with Crippen LogP contribution >= 0.6 is 11.6 Å². The van der Waals surface area contributed by atoms with Gasteiger partial charge < -0.3 is 19.1 Å². The maximum absolute atomic E-state index is 11.1. The summed E-state index contributed by atoms with van der Waals surface area (Å²) in [7, 11) is 0. The summed E-state index contributed by atoms with van der Waals surface area (Å²) < 4.78 is 14.0. The number of nitriles is 1. The number of nitrogens with zero attached hydrogens (tertiary/aromatic N) is 5. The quantitative estimate of drug-likeness (QED) is 0.294. The van der Waals surface area contributed by atoms with Crippen LogP contribution in [0.3, 0.4) is 0 Å². The molecular formula is C29H26ClN5O4. The van der Waals surface area contributed by atoms with E-state index in [-0.39, 0.29) is 17.4 Å². The average molecular weight is 544 g/mol. The molecule has 0 radical (unpaired) electrons. The van der Waals surface area contributed by atoms with Crippen molar-refractivity contribution < 1.29 is 19.4 Å². The van der Waals surface area contributed by atoms with E-state index in [2.05, 4.69) is 16.0 Å². The van der Waals surface area contributed by atoms with Crippen LogP contribution in [0.2, 0.25) is 5.02 Å². The van der Waals surface area contributed by atoms with Crippen molar-refractivity contribution in [1.82, 2.24) is 19.5 Å². The minimum atomic E-state index is -0.747. The van der Waals surface area contributed by atoms with Gasteiger partial charge in [-0.25, -0.2) is 9.97 Å². The van der Waals surface area contributed by atoms with Crippen LogP contribution in [0.5, 0.6) is 11.6 Å². The maximum Gasteiger partial charge on any atom is 0.306 e. The van der Waals surface area contributed by atoms with Gasteiger partial charge in [-0.2, -0.15) is 10.2 Å². The number of halogens is 1. The predicted molar refractivity (Wildman–Crippen MR) is 144 cm³/mol. The summed E-state index contributed by atoms with van der Waals surface area (Å²) in [5, 5.41) is 19.2. The molecule has 2 aromatic heterocycles. The van der Waals surface area contributed by atoms with Gasteiger partial charge >= 0.3 is 5.97 Å². The van der Waals surface area contributed by atoms with E-state index in [1.165, 1.54) is 6.33 Å². The van der Waals surface area contributed by atoms with E-state index in [4.69, 9.17) is 31.2 Å². The van der Waals surface area contributed by atoms with Crippen molar-refractivity contribution in [3.05, 3.63) is 64.9 Å². The third-order valence-corrected chi connectivity index (χ3v) is 7.83. The van der Waals surface area contributed by atoms with Crippen molar-refractivity contribution in [3.8, 4) is 29.1 Å². The molecule has 2 fully saturated rings. The number of aromatic nitrogens is 4. The first kappa shape index (κ1) is 25.1. The number of carboxylic acids is 1. The molecule has 2 aliphatic carbocycles. The van der Waals surface area contributed by atoms with E-state index in [1.54, 1.807) is 12.1 Å². The van der Waals surface area contributed by atoms with Crippen molar-refractivity contribution in [2.45, 2.75) is 44.8 Å². The topological polar surface area (TPSA) is 123 Å². The first-order valence-electron chi connectivity index (χ1n) is 12.9. The van der Waals surface area contributed by atoms with Gasteiger partial charge in [0.2, 0.25) is 5.88 Å². The second-order valence-electron chi connectivity index (χ2n) is 10.5. The van der Waals surface area contributed by atoms with E-state index in [9.17, 15) is 10.1 Å². The lowest BCUT2D eigenvalue weighted by atomic mass is 9.75. The molecule has 6 rings (SSSR count). The van der Waals surface area contributed by atoms with Gasteiger partial charge in [0.15, 0.2) is 11.2 Å². The summed E-state index contributed by atoms with van der Waals surface area (Å²) in [5.41, 5.74) is 2.94. The molecule has 39 heavy (non-hydrogen) atoms. The summed E-state index contributed by atoms with van der Waals surface area (Å²) >= 11 is 6.78. The number of hydrogen-bond acceptors (Lipinski definition) is 7. The molecule has 4 aromatic rings.